The number of alkyl halides is 2. The average molecular weight is 170 g/mol. The molecule has 0 aliphatic heterocycles. The van der Waals surface area contributed by atoms with Crippen LogP contribution in [0.1, 0.15) is 0 Å². The monoisotopic (exact) mass is 170 g/mol. The molecule has 9 heavy (non-hydrogen) atoms. The number of hydrogen-bond donors (Lipinski definition) is 2. The second kappa shape index (κ2) is 4.70. The molecule has 0 aromatic rings. The van der Waals surface area contributed by atoms with Crippen molar-refractivity contribution in [3.05, 3.63) is 0 Å². The molecule has 0 aliphatic carbocycles. The van der Waals surface area contributed by atoms with E-state index < -0.39 is 22.9 Å². The van der Waals surface area contributed by atoms with Crippen LogP contribution >= 0.6 is 0 Å². The first-order chi connectivity index (χ1) is 3.50. The summed E-state index contributed by atoms with van der Waals surface area (Å²) in [7, 11) is 0. The van der Waals surface area contributed by atoms with Crippen LogP contribution in [0.25, 0.3) is 0 Å². The summed E-state index contributed by atoms with van der Waals surface area (Å²) in [5.74, 6) is 0. The first-order valence-electron chi connectivity index (χ1n) is 1.60. The molecule has 0 saturated heterocycles. The maximum atomic E-state index is 11.5. The molecular weight excluding hydrogens is 165 g/mol. The Morgan fingerprint density at radius 2 is 1.89 bits per heavy atom. The van der Waals surface area contributed by atoms with Gasteiger partial charge >= 0.3 is 34.8 Å². The Morgan fingerprint density at radius 3 is 1.89 bits per heavy atom. The molecule has 0 spiro atoms. The first-order valence-corrected chi connectivity index (χ1v) is 2.71. The van der Waals surface area contributed by atoms with Crippen LogP contribution in [0.2, 0.25) is 0 Å². The summed E-state index contributed by atoms with van der Waals surface area (Å²) in [5.41, 5.74) is 0. The molecule has 3 nitrogen and oxygen atoms in total. The molecule has 0 fully saturated rings. The van der Waals surface area contributed by atoms with Crippen molar-refractivity contribution in [3.63, 3.8) is 0 Å². The Morgan fingerprint density at radius 1 is 1.56 bits per heavy atom. The molecule has 0 amide bonds. The summed E-state index contributed by atoms with van der Waals surface area (Å²) in [4.78, 5) is 0. The molecule has 2 N–H and O–H groups in total. The Bertz CT molecular complexity index is 108. The van der Waals surface area contributed by atoms with Crippen molar-refractivity contribution in [2.75, 3.05) is 6.61 Å². The van der Waals surface area contributed by atoms with E-state index in [-0.39, 0.29) is 29.6 Å². The fraction of sp³-hybridized carbons (Fsp3) is 1.00. The molecule has 0 aliphatic rings. The van der Waals surface area contributed by atoms with Crippen molar-refractivity contribution in [1.82, 2.24) is 0 Å². The molecule has 0 radical (unpaired) electrons. The van der Waals surface area contributed by atoms with Crippen LogP contribution in [0.15, 0.2) is 0 Å². The number of hydrogen-bond acceptors (Lipinski definition) is 2. The van der Waals surface area contributed by atoms with E-state index in [1.54, 1.807) is 0 Å². The van der Waals surface area contributed by atoms with E-state index in [4.69, 9.17) is 9.66 Å². The van der Waals surface area contributed by atoms with Gasteiger partial charge in [-0.2, -0.15) is 8.78 Å². The van der Waals surface area contributed by atoms with Gasteiger partial charge in [0.1, 0.15) is 6.61 Å². The van der Waals surface area contributed by atoms with Gasteiger partial charge in [0.25, 0.3) is 0 Å². The van der Waals surface area contributed by atoms with Crippen LogP contribution in [0.5, 0.6) is 0 Å². The maximum absolute atomic E-state index is 11.5. The molecule has 1 unspecified atom stereocenters. The number of aliphatic hydroxyl groups excluding tert-OH is 1. The minimum atomic E-state index is -3.88. The summed E-state index contributed by atoms with van der Waals surface area (Å²) in [5, 5.41) is 3.79. The summed E-state index contributed by atoms with van der Waals surface area (Å²) in [6.45, 7) is -1.60. The quantitative estimate of drug-likeness (QED) is 0.419. The zero-order chi connectivity index (χ0) is 6.78. The third kappa shape index (κ3) is 4.35. The standard InChI is InChI=1S/C2H4F2O3S.Na.H/c3-2(4,1-5)8(6)7;;/h5H,1H2,(H,6,7);;. The van der Waals surface area contributed by atoms with Crippen molar-refractivity contribution in [1.29, 1.82) is 0 Å². The van der Waals surface area contributed by atoms with Gasteiger partial charge in [0.2, 0.25) is 11.1 Å². The Labute approximate surface area is 75.0 Å². The molecule has 52 valence electrons. The van der Waals surface area contributed by atoms with Crippen LogP contribution in [-0.2, 0) is 11.1 Å². The summed E-state index contributed by atoms with van der Waals surface area (Å²) in [6, 6.07) is 0. The van der Waals surface area contributed by atoms with Gasteiger partial charge in [-0.3, -0.25) is 0 Å². The molecular formula is C2H5F2NaO3S. The fourth-order valence-electron chi connectivity index (χ4n) is 0.0552. The van der Waals surface area contributed by atoms with E-state index in [9.17, 15) is 13.0 Å². The second-order valence-electron chi connectivity index (χ2n) is 1.04. The minimum absolute atomic E-state index is 0. The first kappa shape index (κ1) is 12.6. The molecule has 0 saturated carbocycles. The van der Waals surface area contributed by atoms with E-state index >= 15 is 0 Å². The molecule has 0 heterocycles. The zero-order valence-electron chi connectivity index (χ0n) is 3.67. The van der Waals surface area contributed by atoms with E-state index in [1.807, 2.05) is 0 Å². The SMILES string of the molecule is O=S(O)C(F)(F)CO.[NaH]. The third-order valence-electron chi connectivity index (χ3n) is 0.440. The van der Waals surface area contributed by atoms with Gasteiger partial charge in [0.15, 0.2) is 0 Å². The Balaban J connectivity index is 0. The molecule has 0 rings (SSSR count). The second-order valence-corrected chi connectivity index (χ2v) is 2.14. The predicted octanol–water partition coefficient (Wildman–Crippen LogP) is -0.855. The molecule has 7 heteroatoms. The van der Waals surface area contributed by atoms with Crippen molar-refractivity contribution < 1.29 is 22.6 Å². The molecule has 1 atom stereocenters. The van der Waals surface area contributed by atoms with Gasteiger partial charge in [-0.15, -0.1) is 0 Å². The number of rotatable bonds is 2. The third-order valence-corrected chi connectivity index (χ3v) is 1.08. The van der Waals surface area contributed by atoms with Gasteiger partial charge < -0.3 is 9.66 Å². The van der Waals surface area contributed by atoms with E-state index in [0.717, 1.165) is 0 Å². The normalized spacial score (nSPS) is 14.2. The van der Waals surface area contributed by atoms with Crippen LogP contribution < -0.4 is 0 Å². The van der Waals surface area contributed by atoms with Gasteiger partial charge in [-0.1, -0.05) is 0 Å². The van der Waals surface area contributed by atoms with Gasteiger partial charge in [0, 0.05) is 0 Å². The van der Waals surface area contributed by atoms with E-state index in [0.29, 0.717) is 0 Å². The average Bonchev–Trinajstić information content (AvgIpc) is 1.67. The summed E-state index contributed by atoms with van der Waals surface area (Å²) in [6.07, 6.45) is 0. The molecule has 0 bridgehead atoms. The Kier molecular flexibility index (Phi) is 6.58. The van der Waals surface area contributed by atoms with Gasteiger partial charge in [-0.05, 0) is 0 Å². The number of aliphatic hydroxyl groups is 1. The van der Waals surface area contributed by atoms with E-state index in [1.165, 1.54) is 0 Å². The predicted molar refractivity (Wildman–Crippen MR) is 30.0 cm³/mol. The van der Waals surface area contributed by atoms with Crippen molar-refractivity contribution in [2.45, 2.75) is 5.25 Å². The van der Waals surface area contributed by atoms with Gasteiger partial charge in [-0.25, -0.2) is 4.21 Å². The van der Waals surface area contributed by atoms with Crippen LogP contribution in [0.4, 0.5) is 8.78 Å². The fourth-order valence-corrected chi connectivity index (χ4v) is 0.166. The molecule has 0 aromatic heterocycles. The summed E-state index contributed by atoms with van der Waals surface area (Å²) >= 11 is -3.26. The number of halogens is 2. The van der Waals surface area contributed by atoms with Crippen LogP contribution in [0.3, 0.4) is 0 Å². The summed E-state index contributed by atoms with van der Waals surface area (Å²) < 4.78 is 40.0. The van der Waals surface area contributed by atoms with Gasteiger partial charge in [0.05, 0.1) is 0 Å². The topological polar surface area (TPSA) is 57.5 Å². The van der Waals surface area contributed by atoms with Crippen LogP contribution in [0, 0.1) is 0 Å². The Hall–Kier alpha value is 0.930. The molecule has 0 aromatic carbocycles. The van der Waals surface area contributed by atoms with Crippen molar-refractivity contribution in [3.8, 4) is 0 Å². The van der Waals surface area contributed by atoms with Crippen LogP contribution in [-0.4, -0.2) is 55.3 Å². The zero-order valence-corrected chi connectivity index (χ0v) is 4.49. The van der Waals surface area contributed by atoms with Crippen molar-refractivity contribution >= 4 is 40.6 Å². The van der Waals surface area contributed by atoms with Crippen molar-refractivity contribution in [2.24, 2.45) is 0 Å². The van der Waals surface area contributed by atoms with E-state index in [2.05, 4.69) is 0 Å².